The van der Waals surface area contributed by atoms with E-state index < -0.39 is 0 Å². The molecular formula is C10H21NO. The van der Waals surface area contributed by atoms with Crippen LogP contribution in [0.5, 0.6) is 0 Å². The van der Waals surface area contributed by atoms with Crippen molar-refractivity contribution in [1.82, 2.24) is 4.90 Å². The van der Waals surface area contributed by atoms with Crippen molar-refractivity contribution in [2.24, 2.45) is 5.92 Å². The van der Waals surface area contributed by atoms with Gasteiger partial charge in [0.25, 0.3) is 0 Å². The van der Waals surface area contributed by atoms with Crippen LogP contribution >= 0.6 is 0 Å². The van der Waals surface area contributed by atoms with Gasteiger partial charge in [-0.15, -0.1) is 0 Å². The van der Waals surface area contributed by atoms with Crippen molar-refractivity contribution < 1.29 is 4.74 Å². The molecule has 0 aromatic carbocycles. The van der Waals surface area contributed by atoms with Crippen LogP contribution in [0.3, 0.4) is 0 Å². The molecule has 2 heteroatoms. The normalized spacial score (nSPS) is 31.8. The fourth-order valence-corrected chi connectivity index (χ4v) is 1.78. The molecule has 72 valence electrons. The largest absolute Gasteiger partial charge is 0.377 e. The molecular weight excluding hydrogens is 150 g/mol. The van der Waals surface area contributed by atoms with Crippen LogP contribution in [0, 0.1) is 5.92 Å². The third-order valence-corrected chi connectivity index (χ3v) is 2.76. The second kappa shape index (κ2) is 4.24. The highest BCUT2D eigenvalue weighted by Crippen LogP contribution is 2.22. The van der Waals surface area contributed by atoms with Gasteiger partial charge in [-0.2, -0.15) is 0 Å². The van der Waals surface area contributed by atoms with Gasteiger partial charge in [0.2, 0.25) is 0 Å². The van der Waals surface area contributed by atoms with E-state index in [0.29, 0.717) is 12.1 Å². The molecule has 1 saturated heterocycles. The quantitative estimate of drug-likeness (QED) is 0.641. The number of nitrogens with zero attached hydrogens (tertiary/aromatic N) is 1. The molecule has 0 aromatic heterocycles. The number of hydrogen-bond donors (Lipinski definition) is 0. The summed E-state index contributed by atoms with van der Waals surface area (Å²) in [5.41, 5.74) is 0. The third-order valence-electron chi connectivity index (χ3n) is 2.76. The number of hydrogen-bond acceptors (Lipinski definition) is 2. The highest BCUT2D eigenvalue weighted by Gasteiger charge is 2.28. The third kappa shape index (κ3) is 2.46. The molecule has 1 heterocycles. The Morgan fingerprint density at radius 1 is 1.50 bits per heavy atom. The molecule has 0 unspecified atom stereocenters. The van der Waals surface area contributed by atoms with Crippen LogP contribution < -0.4 is 0 Å². The lowest BCUT2D eigenvalue weighted by Gasteiger charge is -2.23. The van der Waals surface area contributed by atoms with Gasteiger partial charge in [-0.05, 0) is 39.8 Å². The number of likely N-dealkylation sites (tertiary alicyclic amines) is 1. The summed E-state index contributed by atoms with van der Waals surface area (Å²) in [5, 5.41) is 0. The first-order valence-corrected chi connectivity index (χ1v) is 4.93. The molecule has 0 saturated carbocycles. The van der Waals surface area contributed by atoms with Crippen molar-refractivity contribution in [2.75, 3.05) is 20.2 Å². The van der Waals surface area contributed by atoms with Crippen molar-refractivity contribution in [3.05, 3.63) is 0 Å². The summed E-state index contributed by atoms with van der Waals surface area (Å²) >= 11 is 0. The first kappa shape index (κ1) is 10.0. The molecule has 1 fully saturated rings. The maximum atomic E-state index is 5.62. The minimum atomic E-state index is 0.367. The maximum Gasteiger partial charge on any atom is 0.0627 e. The number of likely N-dealkylation sites (N-methyl/N-ethyl adjacent to an activating group) is 1. The Morgan fingerprint density at radius 3 is 2.58 bits per heavy atom. The van der Waals surface area contributed by atoms with Gasteiger partial charge < -0.3 is 9.64 Å². The van der Waals surface area contributed by atoms with Crippen molar-refractivity contribution in [2.45, 2.75) is 39.3 Å². The molecule has 0 aromatic rings. The molecule has 1 aliphatic heterocycles. The minimum absolute atomic E-state index is 0.367. The summed E-state index contributed by atoms with van der Waals surface area (Å²) < 4.78 is 5.62. The molecule has 0 radical (unpaired) electrons. The average Bonchev–Trinajstić information content (AvgIpc) is 2.28. The van der Waals surface area contributed by atoms with Gasteiger partial charge in [0.1, 0.15) is 0 Å². The highest BCUT2D eigenvalue weighted by atomic mass is 16.5. The van der Waals surface area contributed by atoms with Gasteiger partial charge in [-0.1, -0.05) is 6.92 Å². The van der Waals surface area contributed by atoms with E-state index in [1.807, 2.05) is 0 Å². The van der Waals surface area contributed by atoms with Gasteiger partial charge in [-0.3, -0.25) is 0 Å². The van der Waals surface area contributed by atoms with Crippen LogP contribution in [0.2, 0.25) is 0 Å². The van der Waals surface area contributed by atoms with Crippen molar-refractivity contribution in [3.8, 4) is 0 Å². The smallest absolute Gasteiger partial charge is 0.0627 e. The zero-order chi connectivity index (χ0) is 9.14. The van der Waals surface area contributed by atoms with E-state index in [1.165, 1.54) is 13.0 Å². The SMILES string of the molecule is CC(C)OC[C@@H]1[C@@H](C)CCN1C. The molecule has 0 amide bonds. The zero-order valence-corrected chi connectivity index (χ0v) is 8.71. The Morgan fingerprint density at radius 2 is 2.17 bits per heavy atom. The summed E-state index contributed by atoms with van der Waals surface area (Å²) in [7, 11) is 2.19. The van der Waals surface area contributed by atoms with Gasteiger partial charge in [-0.25, -0.2) is 0 Å². The van der Waals surface area contributed by atoms with Crippen LogP contribution in [0.15, 0.2) is 0 Å². The second-order valence-electron chi connectivity index (χ2n) is 4.20. The van der Waals surface area contributed by atoms with E-state index in [2.05, 4.69) is 32.7 Å². The Balaban J connectivity index is 2.29. The molecule has 2 nitrogen and oxygen atoms in total. The van der Waals surface area contributed by atoms with Gasteiger partial charge in [0.15, 0.2) is 0 Å². The van der Waals surface area contributed by atoms with Crippen molar-refractivity contribution in [1.29, 1.82) is 0 Å². The summed E-state index contributed by atoms with van der Waals surface area (Å²) in [6, 6.07) is 0.646. The van der Waals surface area contributed by atoms with E-state index in [-0.39, 0.29) is 0 Å². The molecule has 2 atom stereocenters. The highest BCUT2D eigenvalue weighted by molar-refractivity contribution is 4.82. The lowest BCUT2D eigenvalue weighted by molar-refractivity contribution is 0.0344. The lowest BCUT2D eigenvalue weighted by atomic mass is 10.0. The number of ether oxygens (including phenoxy) is 1. The monoisotopic (exact) mass is 171 g/mol. The Kier molecular flexibility index (Phi) is 3.53. The fourth-order valence-electron chi connectivity index (χ4n) is 1.78. The first-order valence-electron chi connectivity index (χ1n) is 4.93. The van der Waals surface area contributed by atoms with E-state index in [0.717, 1.165) is 12.5 Å². The van der Waals surface area contributed by atoms with Crippen LogP contribution in [-0.2, 0) is 4.74 Å². The van der Waals surface area contributed by atoms with Crippen LogP contribution in [0.25, 0.3) is 0 Å². The van der Waals surface area contributed by atoms with Gasteiger partial charge in [0, 0.05) is 6.04 Å². The summed E-state index contributed by atoms with van der Waals surface area (Å²) in [6.45, 7) is 8.64. The summed E-state index contributed by atoms with van der Waals surface area (Å²) in [6.07, 6.45) is 1.69. The Hall–Kier alpha value is -0.0800. The van der Waals surface area contributed by atoms with Gasteiger partial charge >= 0.3 is 0 Å². The van der Waals surface area contributed by atoms with Crippen molar-refractivity contribution >= 4 is 0 Å². The van der Waals surface area contributed by atoms with Crippen molar-refractivity contribution in [3.63, 3.8) is 0 Å². The Labute approximate surface area is 75.9 Å². The van der Waals surface area contributed by atoms with Crippen LogP contribution in [0.4, 0.5) is 0 Å². The number of rotatable bonds is 3. The molecule has 0 aliphatic carbocycles. The topological polar surface area (TPSA) is 12.5 Å². The molecule has 0 bridgehead atoms. The average molecular weight is 171 g/mol. The molecule has 1 rings (SSSR count). The molecule has 0 spiro atoms. The van der Waals surface area contributed by atoms with E-state index in [4.69, 9.17) is 4.74 Å². The maximum absolute atomic E-state index is 5.62. The van der Waals surface area contributed by atoms with E-state index in [1.54, 1.807) is 0 Å². The van der Waals surface area contributed by atoms with Crippen LogP contribution in [-0.4, -0.2) is 37.2 Å². The lowest BCUT2D eigenvalue weighted by Crippen LogP contribution is -2.33. The Bertz CT molecular complexity index is 126. The molecule has 0 N–H and O–H groups in total. The minimum Gasteiger partial charge on any atom is -0.377 e. The van der Waals surface area contributed by atoms with Crippen LogP contribution in [0.1, 0.15) is 27.2 Å². The first-order chi connectivity index (χ1) is 5.61. The predicted molar refractivity (Wildman–Crippen MR) is 51.3 cm³/mol. The van der Waals surface area contributed by atoms with E-state index >= 15 is 0 Å². The molecule has 1 aliphatic rings. The second-order valence-corrected chi connectivity index (χ2v) is 4.20. The standard InChI is InChI=1S/C10H21NO/c1-8(2)12-7-10-9(3)5-6-11(10)4/h8-10H,5-7H2,1-4H3/t9-,10+/m0/s1. The van der Waals surface area contributed by atoms with Gasteiger partial charge in [0.05, 0.1) is 12.7 Å². The summed E-state index contributed by atoms with van der Waals surface area (Å²) in [5.74, 6) is 0.800. The van der Waals surface area contributed by atoms with E-state index in [9.17, 15) is 0 Å². The molecule has 12 heavy (non-hydrogen) atoms. The fraction of sp³-hybridized carbons (Fsp3) is 1.00. The zero-order valence-electron chi connectivity index (χ0n) is 8.71. The summed E-state index contributed by atoms with van der Waals surface area (Å²) in [4.78, 5) is 2.41. The predicted octanol–water partition coefficient (Wildman–Crippen LogP) is 1.75.